The third-order valence-electron chi connectivity index (χ3n) is 2.12. The van der Waals surface area contributed by atoms with Crippen molar-refractivity contribution in [1.82, 2.24) is 0 Å². The van der Waals surface area contributed by atoms with Crippen LogP contribution in [0.3, 0.4) is 0 Å². The van der Waals surface area contributed by atoms with E-state index in [0.717, 1.165) is 38.5 Å². The Kier molecular flexibility index (Phi) is 7.33. The summed E-state index contributed by atoms with van der Waals surface area (Å²) in [7, 11) is -2.72. The van der Waals surface area contributed by atoms with E-state index in [4.69, 9.17) is 0 Å². The van der Waals surface area contributed by atoms with Gasteiger partial charge in [-0.3, -0.25) is 0 Å². The Morgan fingerprint density at radius 1 is 0.769 bits per heavy atom. The van der Waals surface area contributed by atoms with Gasteiger partial charge in [-0.15, -0.1) is 0 Å². The average molecular weight is 206 g/mol. The first-order valence-corrected chi connectivity index (χ1v) is 7.15. The molecule has 0 atom stereocenters. The molecule has 0 unspecified atom stereocenters. The van der Waals surface area contributed by atoms with E-state index in [2.05, 4.69) is 6.92 Å². The molecule has 0 radical (unpaired) electrons. The number of hydrogen-bond donors (Lipinski definition) is 0. The van der Waals surface area contributed by atoms with Gasteiger partial charge in [0.15, 0.2) is 0 Å². The molecule has 0 spiro atoms. The molecule has 0 aromatic carbocycles. The molecule has 0 aliphatic heterocycles. The molecule has 80 valence electrons. The second-order valence-corrected chi connectivity index (χ2v) is 5.87. The van der Waals surface area contributed by atoms with E-state index in [-0.39, 0.29) is 0 Å². The maximum Gasteiger partial charge on any atom is 0.150 e. The van der Waals surface area contributed by atoms with Crippen LogP contribution in [-0.4, -0.2) is 19.9 Å². The van der Waals surface area contributed by atoms with Crippen molar-refractivity contribution in [3.8, 4) is 0 Å². The van der Waals surface area contributed by atoms with Gasteiger partial charge in [-0.1, -0.05) is 39.5 Å². The summed E-state index contributed by atoms with van der Waals surface area (Å²) in [6.45, 7) is 4.15. The summed E-state index contributed by atoms with van der Waals surface area (Å²) in [5.41, 5.74) is 0. The van der Waals surface area contributed by atoms with Crippen LogP contribution in [0.2, 0.25) is 0 Å². The number of unbranched alkanes of at least 4 members (excludes halogenated alkanes) is 4. The summed E-state index contributed by atoms with van der Waals surface area (Å²) in [4.78, 5) is 0. The van der Waals surface area contributed by atoms with E-state index in [1.165, 1.54) is 0 Å². The molecule has 0 N–H and O–H groups in total. The number of hydrogen-bond acceptors (Lipinski definition) is 2. The molecule has 0 saturated heterocycles. The highest BCUT2D eigenvalue weighted by molar-refractivity contribution is 7.91. The number of sulfone groups is 1. The van der Waals surface area contributed by atoms with Gasteiger partial charge < -0.3 is 0 Å². The maximum absolute atomic E-state index is 11.4. The number of rotatable bonds is 8. The molecule has 0 fully saturated rings. The zero-order chi connectivity index (χ0) is 10.2. The van der Waals surface area contributed by atoms with E-state index in [1.54, 1.807) is 0 Å². The molecule has 0 aliphatic rings. The van der Waals surface area contributed by atoms with Crippen molar-refractivity contribution in [3.05, 3.63) is 0 Å². The Morgan fingerprint density at radius 2 is 1.31 bits per heavy atom. The minimum Gasteiger partial charge on any atom is -0.229 e. The van der Waals surface area contributed by atoms with Gasteiger partial charge >= 0.3 is 0 Å². The maximum atomic E-state index is 11.4. The molecule has 3 heteroatoms. The standard InChI is InChI=1S/C10H22O2S/c1-3-5-7-8-10-13(11,12)9-6-4-2/h3-10H2,1-2H3. The predicted octanol–water partition coefficient (Wildman–Crippen LogP) is 2.78. The smallest absolute Gasteiger partial charge is 0.150 e. The second-order valence-electron chi connectivity index (χ2n) is 3.57. The molecule has 13 heavy (non-hydrogen) atoms. The van der Waals surface area contributed by atoms with Gasteiger partial charge in [0.05, 0.1) is 11.5 Å². The third-order valence-corrected chi connectivity index (χ3v) is 3.94. The SMILES string of the molecule is CCCCCCS(=O)(=O)CCCC. The molecule has 0 heterocycles. The Hall–Kier alpha value is -0.0500. The fourth-order valence-electron chi connectivity index (χ4n) is 1.22. The van der Waals surface area contributed by atoms with Crippen LogP contribution in [0, 0.1) is 0 Å². The summed E-state index contributed by atoms with van der Waals surface area (Å²) in [5, 5.41) is 0. The fraction of sp³-hybridized carbons (Fsp3) is 1.00. The van der Waals surface area contributed by atoms with Crippen molar-refractivity contribution in [2.75, 3.05) is 11.5 Å². The van der Waals surface area contributed by atoms with Crippen molar-refractivity contribution < 1.29 is 8.42 Å². The van der Waals surface area contributed by atoms with Crippen molar-refractivity contribution in [3.63, 3.8) is 0 Å². The molecule has 0 aromatic heterocycles. The summed E-state index contributed by atoms with van der Waals surface area (Å²) < 4.78 is 22.7. The fourth-order valence-corrected chi connectivity index (χ4v) is 2.79. The molecule has 0 bridgehead atoms. The van der Waals surface area contributed by atoms with Crippen LogP contribution in [0.1, 0.15) is 52.4 Å². The van der Waals surface area contributed by atoms with Crippen LogP contribution < -0.4 is 0 Å². The van der Waals surface area contributed by atoms with Crippen LogP contribution >= 0.6 is 0 Å². The Balaban J connectivity index is 3.52. The van der Waals surface area contributed by atoms with Gasteiger partial charge in [0, 0.05) is 0 Å². The predicted molar refractivity (Wildman–Crippen MR) is 57.7 cm³/mol. The van der Waals surface area contributed by atoms with Gasteiger partial charge in [-0.05, 0) is 12.8 Å². The lowest BCUT2D eigenvalue weighted by Gasteiger charge is -2.02. The summed E-state index contributed by atoms with van der Waals surface area (Å²) in [5.74, 6) is 0.780. The van der Waals surface area contributed by atoms with Crippen molar-refractivity contribution >= 4 is 9.84 Å². The Bertz CT molecular complexity index is 195. The average Bonchev–Trinajstić information content (AvgIpc) is 2.09. The van der Waals surface area contributed by atoms with Crippen LogP contribution in [-0.2, 0) is 9.84 Å². The zero-order valence-electron chi connectivity index (χ0n) is 8.88. The highest BCUT2D eigenvalue weighted by atomic mass is 32.2. The molecule has 0 aliphatic carbocycles. The van der Waals surface area contributed by atoms with E-state index in [1.807, 2.05) is 6.92 Å². The van der Waals surface area contributed by atoms with Crippen molar-refractivity contribution in [2.24, 2.45) is 0 Å². The third kappa shape index (κ3) is 8.28. The first-order chi connectivity index (χ1) is 6.12. The Morgan fingerprint density at radius 3 is 1.85 bits per heavy atom. The molecule has 0 aromatic rings. The van der Waals surface area contributed by atoms with Crippen LogP contribution in [0.5, 0.6) is 0 Å². The van der Waals surface area contributed by atoms with Gasteiger partial charge in [0.2, 0.25) is 0 Å². The molecule has 2 nitrogen and oxygen atoms in total. The normalized spacial score (nSPS) is 11.8. The quantitative estimate of drug-likeness (QED) is 0.572. The van der Waals surface area contributed by atoms with E-state index in [9.17, 15) is 8.42 Å². The van der Waals surface area contributed by atoms with Gasteiger partial charge in [0.1, 0.15) is 9.84 Å². The highest BCUT2D eigenvalue weighted by Gasteiger charge is 2.08. The summed E-state index contributed by atoms with van der Waals surface area (Å²) in [6.07, 6.45) is 6.00. The molecular weight excluding hydrogens is 184 g/mol. The molecule has 0 amide bonds. The van der Waals surface area contributed by atoms with Crippen LogP contribution in [0.25, 0.3) is 0 Å². The van der Waals surface area contributed by atoms with Gasteiger partial charge in [-0.25, -0.2) is 8.42 Å². The second kappa shape index (κ2) is 7.36. The minimum atomic E-state index is -2.72. The van der Waals surface area contributed by atoms with E-state index in [0.29, 0.717) is 11.5 Å². The molecular formula is C10H22O2S. The lowest BCUT2D eigenvalue weighted by Crippen LogP contribution is -2.10. The minimum absolute atomic E-state index is 0.385. The lowest BCUT2D eigenvalue weighted by atomic mass is 10.2. The van der Waals surface area contributed by atoms with Gasteiger partial charge in [0.25, 0.3) is 0 Å². The largest absolute Gasteiger partial charge is 0.229 e. The van der Waals surface area contributed by atoms with Crippen LogP contribution in [0.15, 0.2) is 0 Å². The molecule has 0 rings (SSSR count). The van der Waals surface area contributed by atoms with Gasteiger partial charge in [-0.2, -0.15) is 0 Å². The first-order valence-electron chi connectivity index (χ1n) is 5.32. The lowest BCUT2D eigenvalue weighted by molar-refractivity contribution is 0.586. The van der Waals surface area contributed by atoms with Crippen LogP contribution in [0.4, 0.5) is 0 Å². The first kappa shape index (κ1) is 12.9. The van der Waals surface area contributed by atoms with E-state index < -0.39 is 9.84 Å². The molecule has 0 saturated carbocycles. The Labute approximate surface area is 82.6 Å². The van der Waals surface area contributed by atoms with E-state index >= 15 is 0 Å². The van der Waals surface area contributed by atoms with Crippen molar-refractivity contribution in [1.29, 1.82) is 0 Å². The highest BCUT2D eigenvalue weighted by Crippen LogP contribution is 2.04. The van der Waals surface area contributed by atoms with Crippen molar-refractivity contribution in [2.45, 2.75) is 52.4 Å². The summed E-state index contributed by atoms with van der Waals surface area (Å²) in [6, 6.07) is 0. The topological polar surface area (TPSA) is 34.1 Å². The monoisotopic (exact) mass is 206 g/mol. The summed E-state index contributed by atoms with van der Waals surface area (Å²) >= 11 is 0. The zero-order valence-corrected chi connectivity index (χ0v) is 9.70.